The molecule has 0 aromatic heterocycles. The molecule has 2 saturated heterocycles. The predicted octanol–water partition coefficient (Wildman–Crippen LogP) is 1.48. The molecule has 6 nitrogen and oxygen atoms in total. The number of ether oxygens (including phenoxy) is 1. The van der Waals surface area contributed by atoms with Crippen molar-refractivity contribution in [1.29, 1.82) is 0 Å². The summed E-state index contributed by atoms with van der Waals surface area (Å²) < 4.78 is 4.38. The number of hydrogen-bond donors (Lipinski definition) is 0. The molecule has 0 aliphatic carbocycles. The Morgan fingerprint density at radius 1 is 1.22 bits per heavy atom. The van der Waals surface area contributed by atoms with Gasteiger partial charge in [0, 0.05) is 16.8 Å². The Morgan fingerprint density at radius 3 is 2.17 bits per heavy atom. The van der Waals surface area contributed by atoms with Crippen molar-refractivity contribution in [3.8, 4) is 0 Å². The third kappa shape index (κ3) is 2.73. The van der Waals surface area contributed by atoms with Crippen LogP contribution in [-0.4, -0.2) is 62.9 Å². The lowest BCUT2D eigenvalue weighted by molar-refractivity contribution is -0.171. The Bertz CT molecular complexity index is 524. The highest BCUT2D eigenvalue weighted by Gasteiger charge is 2.66. The Morgan fingerprint density at radius 2 is 1.74 bits per heavy atom. The zero-order chi connectivity index (χ0) is 17.7. The molecule has 2 aliphatic rings. The minimum Gasteiger partial charge on any atom is -0.467 e. The lowest BCUT2D eigenvalue weighted by atomic mass is 9.90. The van der Waals surface area contributed by atoms with E-state index in [1.165, 1.54) is 23.8 Å². The highest BCUT2D eigenvalue weighted by Crippen LogP contribution is 2.53. The van der Waals surface area contributed by atoms with E-state index in [1.807, 2.05) is 41.5 Å². The van der Waals surface area contributed by atoms with Crippen LogP contribution in [0.1, 0.15) is 41.5 Å². The van der Waals surface area contributed by atoms with Crippen LogP contribution in [0.3, 0.4) is 0 Å². The van der Waals surface area contributed by atoms with Gasteiger partial charge < -0.3 is 14.5 Å². The second-order valence-electron chi connectivity index (χ2n) is 7.19. The van der Waals surface area contributed by atoms with Crippen LogP contribution >= 0.6 is 11.8 Å². The first-order valence-electron chi connectivity index (χ1n) is 7.94. The van der Waals surface area contributed by atoms with Crippen molar-refractivity contribution in [2.75, 3.05) is 7.11 Å². The quantitative estimate of drug-likeness (QED) is 0.440. The number of esters is 1. The number of methoxy groups -OCH3 is 1. The minimum absolute atomic E-state index is 0.0279. The van der Waals surface area contributed by atoms with Gasteiger partial charge in [-0.1, -0.05) is 0 Å². The Hall–Kier alpha value is -1.24. The second kappa shape index (κ2) is 6.00. The smallest absolute Gasteiger partial charge is 0.330 e. The highest BCUT2D eigenvalue weighted by atomic mass is 32.2. The number of hydrogen-bond acceptors (Lipinski definition) is 5. The van der Waals surface area contributed by atoms with Crippen LogP contribution in [0.5, 0.6) is 0 Å². The summed E-state index contributed by atoms with van der Waals surface area (Å²) in [5.74, 6) is -1.53. The predicted molar refractivity (Wildman–Crippen MR) is 88.7 cm³/mol. The van der Waals surface area contributed by atoms with Crippen LogP contribution < -0.4 is 0 Å². The second-order valence-corrected chi connectivity index (χ2v) is 8.96. The van der Waals surface area contributed by atoms with Crippen molar-refractivity contribution in [2.24, 2.45) is 5.92 Å². The summed E-state index contributed by atoms with van der Waals surface area (Å²) in [5, 5.41) is -0.283. The van der Waals surface area contributed by atoms with Gasteiger partial charge >= 0.3 is 5.97 Å². The molecule has 0 spiro atoms. The van der Waals surface area contributed by atoms with Crippen molar-refractivity contribution >= 4 is 29.5 Å². The summed E-state index contributed by atoms with van der Waals surface area (Å²) in [6, 6.07) is -0.578. The molecule has 2 rings (SSSR count). The van der Waals surface area contributed by atoms with Gasteiger partial charge in [0.2, 0.25) is 11.8 Å². The molecule has 0 radical (unpaired) electrons. The summed E-state index contributed by atoms with van der Waals surface area (Å²) in [7, 11) is 1.32. The van der Waals surface area contributed by atoms with E-state index in [0.29, 0.717) is 0 Å². The number of amides is 2. The molecule has 130 valence electrons. The molecule has 0 bridgehead atoms. The lowest BCUT2D eigenvalue weighted by Crippen LogP contribution is -2.67. The van der Waals surface area contributed by atoms with Gasteiger partial charge in [0.05, 0.1) is 12.5 Å². The first kappa shape index (κ1) is 18.1. The fourth-order valence-corrected chi connectivity index (χ4v) is 5.27. The normalized spacial score (nSPS) is 28.7. The van der Waals surface area contributed by atoms with Gasteiger partial charge in [-0.15, -0.1) is 11.8 Å². The van der Waals surface area contributed by atoms with Crippen molar-refractivity contribution in [2.45, 2.75) is 69.8 Å². The number of carbonyl (C=O) groups excluding carboxylic acids is 3. The number of fused-ring (bicyclic) bond motifs is 1. The van der Waals surface area contributed by atoms with Gasteiger partial charge in [-0.3, -0.25) is 9.59 Å². The van der Waals surface area contributed by atoms with Crippen LogP contribution in [0, 0.1) is 5.92 Å². The maximum Gasteiger partial charge on any atom is 0.330 e. The van der Waals surface area contributed by atoms with Gasteiger partial charge in [-0.05, 0) is 41.5 Å². The van der Waals surface area contributed by atoms with E-state index in [9.17, 15) is 14.4 Å². The van der Waals surface area contributed by atoms with Crippen LogP contribution in [-0.2, 0) is 19.1 Å². The van der Waals surface area contributed by atoms with Gasteiger partial charge in [0.1, 0.15) is 12.0 Å². The summed E-state index contributed by atoms with van der Waals surface area (Å²) in [4.78, 5) is 40.8. The topological polar surface area (TPSA) is 66.9 Å². The third-order valence-corrected chi connectivity index (χ3v) is 6.07. The maximum absolute atomic E-state index is 12.9. The molecule has 2 fully saturated rings. The van der Waals surface area contributed by atoms with E-state index in [2.05, 4.69) is 0 Å². The SMILES string of the molecule is COC(=O)[C@@H]1N2C(=O)[C@H](C(=O)N(C(C)C)C(C)C)[C@H]2SC1(C)C. The summed E-state index contributed by atoms with van der Waals surface area (Å²) in [5.41, 5.74) is 0. The minimum atomic E-state index is -0.696. The van der Waals surface area contributed by atoms with Gasteiger partial charge in [-0.25, -0.2) is 4.79 Å². The third-order valence-electron chi connectivity index (χ3n) is 4.50. The first-order chi connectivity index (χ1) is 10.5. The number of nitrogens with zero attached hydrogens (tertiary/aromatic N) is 2. The molecule has 0 saturated carbocycles. The van der Waals surface area contributed by atoms with Crippen molar-refractivity contribution in [1.82, 2.24) is 9.80 Å². The highest BCUT2D eigenvalue weighted by molar-refractivity contribution is 8.01. The fourth-order valence-electron chi connectivity index (χ4n) is 3.60. The largest absolute Gasteiger partial charge is 0.467 e. The Kier molecular flexibility index (Phi) is 4.72. The molecule has 0 unspecified atom stereocenters. The first-order valence-corrected chi connectivity index (χ1v) is 8.82. The zero-order valence-electron chi connectivity index (χ0n) is 14.8. The van der Waals surface area contributed by atoms with Crippen molar-refractivity contribution in [3.05, 3.63) is 0 Å². The van der Waals surface area contributed by atoms with E-state index < -0.39 is 22.7 Å². The summed E-state index contributed by atoms with van der Waals surface area (Å²) in [6.07, 6.45) is 0. The molecule has 0 N–H and O–H groups in total. The molecule has 0 aromatic rings. The van der Waals surface area contributed by atoms with Gasteiger partial charge in [0.25, 0.3) is 0 Å². The number of rotatable bonds is 4. The standard InChI is InChI=1S/C16H26N2O4S/c1-8(2)17(9(3)4)12(19)10-13(20)18-11(15(21)22-7)16(5,6)23-14(10)18/h8-11,14H,1-7H3/t10-,11-,14+/m0/s1. The lowest BCUT2D eigenvalue weighted by Gasteiger charge is -2.45. The molecular formula is C16H26N2O4S. The molecule has 23 heavy (non-hydrogen) atoms. The fraction of sp³-hybridized carbons (Fsp3) is 0.812. The van der Waals surface area contributed by atoms with Gasteiger partial charge in [0.15, 0.2) is 0 Å². The van der Waals surface area contributed by atoms with Crippen molar-refractivity contribution < 1.29 is 19.1 Å². The molecular weight excluding hydrogens is 316 g/mol. The van der Waals surface area contributed by atoms with E-state index in [1.54, 1.807) is 4.90 Å². The van der Waals surface area contributed by atoms with Crippen LogP contribution in [0.2, 0.25) is 0 Å². The number of thioether (sulfide) groups is 1. The average molecular weight is 342 g/mol. The monoisotopic (exact) mass is 342 g/mol. The van der Waals surface area contributed by atoms with E-state index in [4.69, 9.17) is 4.74 Å². The van der Waals surface area contributed by atoms with Crippen LogP contribution in [0.15, 0.2) is 0 Å². The Labute approximate surface area is 141 Å². The average Bonchev–Trinajstić information content (AvgIpc) is 2.65. The van der Waals surface area contributed by atoms with Crippen LogP contribution in [0.4, 0.5) is 0 Å². The molecule has 3 atom stereocenters. The summed E-state index contributed by atoms with van der Waals surface area (Å²) >= 11 is 1.51. The molecule has 2 aliphatic heterocycles. The molecule has 2 amide bonds. The number of β-lactam (4-membered cyclic amide) rings is 1. The van der Waals surface area contributed by atoms with E-state index in [0.717, 1.165) is 0 Å². The maximum atomic E-state index is 12.9. The van der Waals surface area contributed by atoms with Crippen molar-refractivity contribution in [3.63, 3.8) is 0 Å². The summed E-state index contributed by atoms with van der Waals surface area (Å²) in [6.45, 7) is 11.6. The number of carbonyl (C=O) groups is 3. The molecule has 2 heterocycles. The van der Waals surface area contributed by atoms with E-state index >= 15 is 0 Å². The van der Waals surface area contributed by atoms with E-state index in [-0.39, 0.29) is 29.3 Å². The van der Waals surface area contributed by atoms with Gasteiger partial charge in [-0.2, -0.15) is 0 Å². The zero-order valence-corrected chi connectivity index (χ0v) is 15.6. The molecule has 0 aromatic carbocycles. The Balaban J connectivity index is 2.26. The van der Waals surface area contributed by atoms with Crippen LogP contribution in [0.25, 0.3) is 0 Å². The molecule has 7 heteroatoms.